The molecule has 68 valence electrons. The van der Waals surface area contributed by atoms with Gasteiger partial charge in [-0.05, 0) is 41.9 Å². The summed E-state index contributed by atoms with van der Waals surface area (Å²) in [6.07, 6.45) is 0. The second-order valence-corrected chi connectivity index (χ2v) is 6.43. The highest BCUT2D eigenvalue weighted by Crippen LogP contribution is 2.34. The molecule has 0 fully saturated rings. The molecule has 0 amide bonds. The van der Waals surface area contributed by atoms with Crippen LogP contribution >= 0.6 is 38.6 Å². The van der Waals surface area contributed by atoms with E-state index in [0.29, 0.717) is 0 Å². The second-order valence-electron chi connectivity index (χ2n) is 2.76. The van der Waals surface area contributed by atoms with Gasteiger partial charge in [-0.25, -0.2) is 4.98 Å². The standard InChI is InChI=1S/C9H8BrNS2/c1-5-6(2)12-9(11-5)7-3-4-8(10)13-7/h3-4H,1-2H3. The van der Waals surface area contributed by atoms with Crippen molar-refractivity contribution in [2.24, 2.45) is 0 Å². The Hall–Kier alpha value is -0.190. The molecule has 2 heterocycles. The highest BCUT2D eigenvalue weighted by molar-refractivity contribution is 9.11. The fourth-order valence-electron chi connectivity index (χ4n) is 1.01. The lowest BCUT2D eigenvalue weighted by atomic mass is 10.4. The van der Waals surface area contributed by atoms with Gasteiger partial charge in [-0.1, -0.05) is 0 Å². The van der Waals surface area contributed by atoms with Gasteiger partial charge in [0.25, 0.3) is 0 Å². The number of aryl methyl sites for hydroxylation is 2. The van der Waals surface area contributed by atoms with Gasteiger partial charge in [0.15, 0.2) is 0 Å². The zero-order valence-electron chi connectivity index (χ0n) is 7.30. The summed E-state index contributed by atoms with van der Waals surface area (Å²) in [5.41, 5.74) is 1.14. The normalized spacial score (nSPS) is 10.7. The van der Waals surface area contributed by atoms with Crippen LogP contribution in [0.2, 0.25) is 0 Å². The van der Waals surface area contributed by atoms with Crippen LogP contribution in [0, 0.1) is 13.8 Å². The van der Waals surface area contributed by atoms with E-state index in [4.69, 9.17) is 0 Å². The van der Waals surface area contributed by atoms with Crippen molar-refractivity contribution in [3.63, 3.8) is 0 Å². The lowest BCUT2D eigenvalue weighted by Gasteiger charge is -1.85. The summed E-state index contributed by atoms with van der Waals surface area (Å²) in [5.74, 6) is 0. The highest BCUT2D eigenvalue weighted by atomic mass is 79.9. The molecule has 0 radical (unpaired) electrons. The molecule has 2 aromatic heterocycles. The lowest BCUT2D eigenvalue weighted by molar-refractivity contribution is 1.24. The Morgan fingerprint density at radius 1 is 1.23 bits per heavy atom. The van der Waals surface area contributed by atoms with Crippen LogP contribution in [0.1, 0.15) is 10.6 Å². The SMILES string of the molecule is Cc1nc(-c2ccc(Br)s2)sc1C. The van der Waals surface area contributed by atoms with E-state index >= 15 is 0 Å². The van der Waals surface area contributed by atoms with Gasteiger partial charge >= 0.3 is 0 Å². The van der Waals surface area contributed by atoms with E-state index in [9.17, 15) is 0 Å². The molecule has 0 N–H and O–H groups in total. The van der Waals surface area contributed by atoms with Crippen molar-refractivity contribution in [1.29, 1.82) is 0 Å². The molecule has 0 saturated heterocycles. The molecule has 0 aromatic carbocycles. The molecule has 0 saturated carbocycles. The van der Waals surface area contributed by atoms with Crippen LogP contribution in [0.15, 0.2) is 15.9 Å². The lowest BCUT2D eigenvalue weighted by Crippen LogP contribution is -1.72. The third-order valence-electron chi connectivity index (χ3n) is 1.81. The maximum absolute atomic E-state index is 4.50. The first-order valence-electron chi connectivity index (χ1n) is 3.86. The smallest absolute Gasteiger partial charge is 0.133 e. The minimum atomic E-state index is 1.13. The summed E-state index contributed by atoms with van der Waals surface area (Å²) in [6.45, 7) is 4.16. The Morgan fingerprint density at radius 2 is 2.00 bits per heavy atom. The van der Waals surface area contributed by atoms with Gasteiger partial charge in [0.1, 0.15) is 5.01 Å². The predicted molar refractivity (Wildman–Crippen MR) is 62.6 cm³/mol. The predicted octanol–water partition coefficient (Wildman–Crippen LogP) is 4.25. The Labute approximate surface area is 93.6 Å². The summed E-state index contributed by atoms with van der Waals surface area (Å²) in [4.78, 5) is 7.05. The maximum atomic E-state index is 4.50. The molecule has 2 aromatic rings. The highest BCUT2D eigenvalue weighted by Gasteiger charge is 2.07. The number of nitrogens with zero attached hydrogens (tertiary/aromatic N) is 1. The molecule has 13 heavy (non-hydrogen) atoms. The first kappa shape index (κ1) is 9.37. The monoisotopic (exact) mass is 273 g/mol. The van der Waals surface area contributed by atoms with E-state index < -0.39 is 0 Å². The van der Waals surface area contributed by atoms with E-state index in [1.165, 1.54) is 9.75 Å². The zero-order chi connectivity index (χ0) is 9.42. The maximum Gasteiger partial charge on any atom is 0.133 e. The van der Waals surface area contributed by atoms with Crippen LogP contribution in [-0.2, 0) is 0 Å². The molecule has 4 heteroatoms. The van der Waals surface area contributed by atoms with Gasteiger partial charge in [-0.2, -0.15) is 0 Å². The minimum absolute atomic E-state index is 1.13. The molecule has 0 spiro atoms. The van der Waals surface area contributed by atoms with Crippen LogP contribution in [0.5, 0.6) is 0 Å². The quantitative estimate of drug-likeness (QED) is 0.757. The van der Waals surface area contributed by atoms with Crippen molar-refractivity contribution in [2.45, 2.75) is 13.8 Å². The second kappa shape index (κ2) is 3.52. The first-order valence-corrected chi connectivity index (χ1v) is 6.29. The number of halogens is 1. The van der Waals surface area contributed by atoms with Crippen molar-refractivity contribution in [3.8, 4) is 9.88 Å². The van der Waals surface area contributed by atoms with Crippen LogP contribution in [-0.4, -0.2) is 4.98 Å². The summed E-state index contributed by atoms with van der Waals surface area (Å²) < 4.78 is 1.16. The van der Waals surface area contributed by atoms with Crippen molar-refractivity contribution < 1.29 is 0 Å². The average molecular weight is 274 g/mol. The fraction of sp³-hybridized carbons (Fsp3) is 0.222. The molecule has 0 aliphatic heterocycles. The van der Waals surface area contributed by atoms with E-state index in [1.54, 1.807) is 22.7 Å². The fourth-order valence-corrected chi connectivity index (χ4v) is 3.36. The Balaban J connectivity index is 2.46. The largest absolute Gasteiger partial charge is 0.240 e. The third-order valence-corrected chi connectivity index (χ3v) is 4.68. The van der Waals surface area contributed by atoms with Crippen molar-refractivity contribution in [3.05, 3.63) is 26.5 Å². The van der Waals surface area contributed by atoms with Gasteiger partial charge in [0.05, 0.1) is 14.4 Å². The molecule has 1 nitrogen and oxygen atoms in total. The number of hydrogen-bond acceptors (Lipinski definition) is 3. The van der Waals surface area contributed by atoms with Crippen LogP contribution in [0.25, 0.3) is 9.88 Å². The molecule has 2 rings (SSSR count). The summed E-state index contributed by atoms with van der Waals surface area (Å²) >= 11 is 6.94. The van der Waals surface area contributed by atoms with Crippen LogP contribution in [0.4, 0.5) is 0 Å². The van der Waals surface area contributed by atoms with Crippen molar-refractivity contribution in [2.75, 3.05) is 0 Å². The Bertz CT molecular complexity index is 411. The van der Waals surface area contributed by atoms with Gasteiger partial charge in [0, 0.05) is 4.88 Å². The third kappa shape index (κ3) is 1.85. The molecule has 0 atom stereocenters. The zero-order valence-corrected chi connectivity index (χ0v) is 10.5. The number of hydrogen-bond donors (Lipinski definition) is 0. The topological polar surface area (TPSA) is 12.9 Å². The Morgan fingerprint density at radius 3 is 2.46 bits per heavy atom. The molecular weight excluding hydrogens is 266 g/mol. The van der Waals surface area contributed by atoms with E-state index in [-0.39, 0.29) is 0 Å². The first-order chi connectivity index (χ1) is 6.16. The number of rotatable bonds is 1. The summed E-state index contributed by atoms with van der Waals surface area (Å²) in [6, 6.07) is 4.17. The number of thiazole rings is 1. The van der Waals surface area contributed by atoms with Crippen molar-refractivity contribution in [1.82, 2.24) is 4.98 Å². The molecule has 0 unspecified atom stereocenters. The van der Waals surface area contributed by atoms with Crippen LogP contribution in [0.3, 0.4) is 0 Å². The van der Waals surface area contributed by atoms with E-state index in [2.05, 4.69) is 46.9 Å². The van der Waals surface area contributed by atoms with Crippen LogP contribution < -0.4 is 0 Å². The molecule has 0 aliphatic rings. The summed E-state index contributed by atoms with van der Waals surface area (Å²) in [5, 5.41) is 1.13. The van der Waals surface area contributed by atoms with Gasteiger partial charge in [-0.15, -0.1) is 22.7 Å². The molecular formula is C9H8BrNS2. The molecule has 0 bridgehead atoms. The molecule has 0 aliphatic carbocycles. The minimum Gasteiger partial charge on any atom is -0.240 e. The number of aromatic nitrogens is 1. The summed E-state index contributed by atoms with van der Waals surface area (Å²) in [7, 11) is 0. The Kier molecular flexibility index (Phi) is 2.53. The van der Waals surface area contributed by atoms with E-state index in [1.807, 2.05) is 0 Å². The average Bonchev–Trinajstić information content (AvgIpc) is 2.61. The van der Waals surface area contributed by atoms with E-state index in [0.717, 1.165) is 14.5 Å². The number of thiophene rings is 1. The van der Waals surface area contributed by atoms with Gasteiger partial charge < -0.3 is 0 Å². The van der Waals surface area contributed by atoms with Gasteiger partial charge in [-0.3, -0.25) is 0 Å². The van der Waals surface area contributed by atoms with Crippen molar-refractivity contribution >= 4 is 38.6 Å². The van der Waals surface area contributed by atoms with Gasteiger partial charge in [0.2, 0.25) is 0 Å².